The minimum Gasteiger partial charge on any atom is -0.341 e. The van der Waals surface area contributed by atoms with Gasteiger partial charge in [0.15, 0.2) is 18.5 Å². The van der Waals surface area contributed by atoms with Gasteiger partial charge in [-0.05, 0) is 0 Å². The predicted molar refractivity (Wildman–Crippen MR) is 152 cm³/mol. The van der Waals surface area contributed by atoms with Crippen LogP contribution in [-0.4, -0.2) is 178 Å². The summed E-state index contributed by atoms with van der Waals surface area (Å²) in [6, 6.07) is 0. The Balaban J connectivity index is 3.07. The summed E-state index contributed by atoms with van der Waals surface area (Å²) in [5.74, 6) is -4.12. The molecular weight excluding hydrogens is 961 g/mol. The SMILES string of the molecule is O=S(=O)(O)OC[C@H]1OC(COS(=O)(=O)O)(O[C@@H]2O[C@H](COS(=O)(=O)O)[C@@H](OS(=O)(=O)O)[C@H](OS(=O)(=O)O)[C@H]2OS(=O)(=O)O)[C@@H](OS(=O)(=O)O)[C@@H]1OS(=O)(=O)O. The van der Waals surface area contributed by atoms with Crippen molar-refractivity contribution >= 4 is 83.2 Å². The van der Waals surface area contributed by atoms with Gasteiger partial charge >= 0.3 is 83.2 Å². The van der Waals surface area contributed by atoms with E-state index in [1.807, 2.05) is 0 Å². The molecule has 2 rings (SSSR count). The summed E-state index contributed by atoms with van der Waals surface area (Å²) in [6.07, 6.45) is -26.0. The van der Waals surface area contributed by atoms with Gasteiger partial charge < -0.3 is 14.2 Å². The topological polar surface area (TPSA) is 536 Å². The van der Waals surface area contributed by atoms with Gasteiger partial charge in [-0.2, -0.15) is 67.3 Å². The van der Waals surface area contributed by atoms with Crippen LogP contribution in [0.15, 0.2) is 0 Å². The first kappa shape index (κ1) is 50.0. The van der Waals surface area contributed by atoms with E-state index in [2.05, 4.69) is 33.5 Å². The molecule has 9 atom stereocenters. The van der Waals surface area contributed by atoms with E-state index < -0.39 is 158 Å². The molecule has 0 bridgehead atoms. The van der Waals surface area contributed by atoms with Crippen molar-refractivity contribution in [2.24, 2.45) is 0 Å². The van der Waals surface area contributed by atoms with Crippen LogP contribution < -0.4 is 0 Å². The summed E-state index contributed by atoms with van der Waals surface area (Å²) in [5.41, 5.74) is 0. The van der Waals surface area contributed by atoms with Crippen LogP contribution in [0, 0.1) is 0 Å². The fourth-order valence-corrected chi connectivity index (χ4v) is 7.68. The molecule has 0 aromatic heterocycles. The highest BCUT2D eigenvalue weighted by molar-refractivity contribution is 7.82. The highest BCUT2D eigenvalue weighted by Gasteiger charge is 2.65. The number of hydrogen-bond acceptors (Lipinski definition) is 27. The van der Waals surface area contributed by atoms with Gasteiger partial charge in [0.1, 0.15) is 37.1 Å². The Kier molecular flexibility index (Phi) is 15.6. The first-order valence-corrected chi connectivity index (χ1v) is 23.2. The molecule has 0 radical (unpaired) electrons. The van der Waals surface area contributed by atoms with Crippen molar-refractivity contribution < 1.29 is 151 Å². The molecule has 0 saturated carbocycles. The van der Waals surface area contributed by atoms with E-state index in [1.54, 1.807) is 0 Å². The molecule has 328 valence electrons. The molecule has 1 unspecified atom stereocenters. The number of ether oxygens (including phenoxy) is 3. The van der Waals surface area contributed by atoms with Gasteiger partial charge in [-0.25, -0.2) is 33.5 Å². The maximum Gasteiger partial charge on any atom is 0.397 e. The van der Waals surface area contributed by atoms with Crippen LogP contribution in [0.2, 0.25) is 0 Å². The molecular formula is C12H22O35S8. The number of rotatable bonds is 21. The summed E-state index contributed by atoms with van der Waals surface area (Å²) in [7, 11) is -48.3. The second-order valence-corrected chi connectivity index (χ2v) is 18.2. The van der Waals surface area contributed by atoms with Gasteiger partial charge in [-0.3, -0.25) is 36.4 Å². The Morgan fingerprint density at radius 3 is 1.18 bits per heavy atom. The smallest absolute Gasteiger partial charge is 0.341 e. The molecule has 2 aliphatic heterocycles. The van der Waals surface area contributed by atoms with Gasteiger partial charge in [0.2, 0.25) is 5.79 Å². The van der Waals surface area contributed by atoms with Crippen molar-refractivity contribution in [1.29, 1.82) is 0 Å². The van der Waals surface area contributed by atoms with E-state index in [4.69, 9.17) is 23.3 Å². The van der Waals surface area contributed by atoms with Crippen molar-refractivity contribution in [2.45, 2.75) is 54.8 Å². The summed E-state index contributed by atoms with van der Waals surface area (Å²) >= 11 is 0. The lowest BCUT2D eigenvalue weighted by atomic mass is 9.99. The lowest BCUT2D eigenvalue weighted by Crippen LogP contribution is -2.65. The van der Waals surface area contributed by atoms with Crippen molar-refractivity contribution in [3.8, 4) is 0 Å². The predicted octanol–water partition coefficient (Wildman–Crippen LogP) is -6.78. The maximum atomic E-state index is 11.9. The highest BCUT2D eigenvalue weighted by Crippen LogP contribution is 2.42. The zero-order valence-corrected chi connectivity index (χ0v) is 31.6. The summed E-state index contributed by atoms with van der Waals surface area (Å²) in [5, 5.41) is 0. The van der Waals surface area contributed by atoms with E-state index in [1.165, 1.54) is 0 Å². The molecule has 2 heterocycles. The van der Waals surface area contributed by atoms with Gasteiger partial charge in [0.05, 0.1) is 13.2 Å². The minimum absolute atomic E-state index is 1.92. The van der Waals surface area contributed by atoms with Crippen molar-refractivity contribution in [3.05, 3.63) is 0 Å². The standard InChI is InChI=1S/C12H22O35S8/c13-48(14,15)37-1-4-6(43-51(22,23)24)8(45-53(28,29)30)9(46-54(31,32)33)11(40-4)42-12(3-39-50(19,20)21)10(47-55(34,35)36)7(44-52(25,26)27)5(41-12)2-38-49(16,17)18/h4-11H,1-3H2,(H,13,14,15)(H,16,17,18)(H,19,20,21)(H,22,23,24)(H,25,26,27)(H,28,29,30)(H,31,32,33)(H,34,35,36)/t4-,5-,6-,7-,8+,9-,10+,11+,12?/m1/s1. The Hall–Kier alpha value is -1.16. The fourth-order valence-electron chi connectivity index (χ4n) is 4.24. The molecule has 35 nitrogen and oxygen atoms in total. The molecule has 2 fully saturated rings. The monoisotopic (exact) mass is 982 g/mol. The average Bonchev–Trinajstić information content (AvgIpc) is 3.15. The van der Waals surface area contributed by atoms with Gasteiger partial charge in [-0.15, -0.1) is 0 Å². The van der Waals surface area contributed by atoms with Crippen LogP contribution in [0.1, 0.15) is 0 Å². The Morgan fingerprint density at radius 2 is 0.782 bits per heavy atom. The van der Waals surface area contributed by atoms with Crippen LogP contribution in [0.25, 0.3) is 0 Å². The zero-order chi connectivity index (χ0) is 43.0. The molecule has 8 N–H and O–H groups in total. The van der Waals surface area contributed by atoms with Gasteiger partial charge in [-0.1, -0.05) is 0 Å². The van der Waals surface area contributed by atoms with E-state index >= 15 is 0 Å². The molecule has 55 heavy (non-hydrogen) atoms. The Labute approximate surface area is 308 Å². The highest BCUT2D eigenvalue weighted by atomic mass is 32.3. The third-order valence-corrected chi connectivity index (χ3v) is 9.28. The molecule has 0 spiro atoms. The van der Waals surface area contributed by atoms with Crippen molar-refractivity contribution in [3.63, 3.8) is 0 Å². The second-order valence-electron chi connectivity index (χ2n) is 9.64. The fraction of sp³-hybridized carbons (Fsp3) is 1.00. The largest absolute Gasteiger partial charge is 0.397 e. The third-order valence-electron chi connectivity index (χ3n) is 5.68. The van der Waals surface area contributed by atoms with E-state index in [0.29, 0.717) is 0 Å². The molecule has 0 aromatic carbocycles. The van der Waals surface area contributed by atoms with E-state index in [9.17, 15) is 94.7 Å². The number of hydrogen-bond donors (Lipinski definition) is 8. The summed E-state index contributed by atoms with van der Waals surface area (Å²) in [6.45, 7) is -6.25. The molecule has 2 aliphatic rings. The second kappa shape index (κ2) is 17.2. The summed E-state index contributed by atoms with van der Waals surface area (Å²) < 4.78 is 307. The average molecular weight is 983 g/mol. The van der Waals surface area contributed by atoms with Crippen LogP contribution in [-0.2, 0) is 131 Å². The molecule has 2 saturated heterocycles. The van der Waals surface area contributed by atoms with Gasteiger partial charge in [0, 0.05) is 0 Å². The van der Waals surface area contributed by atoms with Crippen LogP contribution in [0.4, 0.5) is 0 Å². The molecule has 0 amide bonds. The molecule has 43 heteroatoms. The normalized spacial score (nSPS) is 30.7. The van der Waals surface area contributed by atoms with E-state index in [0.717, 1.165) is 0 Å². The Morgan fingerprint density at radius 1 is 0.418 bits per heavy atom. The molecule has 0 aromatic rings. The zero-order valence-electron chi connectivity index (χ0n) is 25.1. The van der Waals surface area contributed by atoms with Crippen molar-refractivity contribution in [2.75, 3.05) is 19.8 Å². The third kappa shape index (κ3) is 18.1. The first-order valence-electron chi connectivity index (χ1n) is 12.3. The van der Waals surface area contributed by atoms with Crippen molar-refractivity contribution in [1.82, 2.24) is 0 Å². The molecule has 0 aliphatic carbocycles. The summed E-state index contributed by atoms with van der Waals surface area (Å²) in [4.78, 5) is 0. The minimum atomic E-state index is -6.24. The van der Waals surface area contributed by atoms with Crippen LogP contribution in [0.5, 0.6) is 0 Å². The lowest BCUT2D eigenvalue weighted by Gasteiger charge is -2.45. The lowest BCUT2D eigenvalue weighted by molar-refractivity contribution is -0.374. The van der Waals surface area contributed by atoms with Crippen LogP contribution in [0.3, 0.4) is 0 Å². The quantitative estimate of drug-likeness (QED) is 0.0496. The van der Waals surface area contributed by atoms with E-state index in [-0.39, 0.29) is 0 Å². The van der Waals surface area contributed by atoms with Crippen LogP contribution >= 0.6 is 0 Å². The van der Waals surface area contributed by atoms with Gasteiger partial charge in [0.25, 0.3) is 0 Å². The first-order chi connectivity index (χ1) is 24.2. The maximum absolute atomic E-state index is 11.9. The Bertz CT molecular complexity index is 2280.